The lowest BCUT2D eigenvalue weighted by Gasteiger charge is -2.46. The van der Waals surface area contributed by atoms with Crippen molar-refractivity contribution in [1.82, 2.24) is 0 Å². The first-order chi connectivity index (χ1) is 22.6. The zero-order valence-electron chi connectivity index (χ0n) is 26.5. The van der Waals surface area contributed by atoms with Gasteiger partial charge in [-0.2, -0.15) is 0 Å². The Labute approximate surface area is 276 Å². The maximum atomic E-state index is 11.7. The maximum Gasteiger partial charge on any atom is 0.132 e. The summed E-state index contributed by atoms with van der Waals surface area (Å²) in [6, 6.07) is 37.8. The van der Waals surface area contributed by atoms with Crippen LogP contribution in [0.3, 0.4) is 0 Å². The van der Waals surface area contributed by atoms with Crippen LogP contribution < -0.4 is 4.74 Å². The van der Waals surface area contributed by atoms with Crippen LogP contribution in [0.15, 0.2) is 115 Å². The number of hydrogen-bond donors (Lipinski definition) is 1. The van der Waals surface area contributed by atoms with Gasteiger partial charge in [0.15, 0.2) is 0 Å². The molecule has 46 heavy (non-hydrogen) atoms. The van der Waals surface area contributed by atoms with Gasteiger partial charge in [-0.1, -0.05) is 110 Å². The SMILES string of the molecule is CCS[C@H]1O[C@H]([C@H](COCc2ccccc2)OCc2ccccc2)[C@@H](OCc2ccccc2)[C@H](OCc2ccc(OC)cc2)[C@@H]1O. The Balaban J connectivity index is 1.42. The smallest absolute Gasteiger partial charge is 0.132 e. The first-order valence-corrected chi connectivity index (χ1v) is 16.8. The van der Waals surface area contributed by atoms with Gasteiger partial charge < -0.3 is 33.5 Å². The van der Waals surface area contributed by atoms with Gasteiger partial charge in [0, 0.05) is 0 Å². The quantitative estimate of drug-likeness (QED) is 0.135. The number of hydrogen-bond acceptors (Lipinski definition) is 8. The average molecular weight is 645 g/mol. The molecule has 8 heteroatoms. The summed E-state index contributed by atoms with van der Waals surface area (Å²) in [5.41, 5.74) is 3.54. The van der Waals surface area contributed by atoms with Crippen LogP contribution in [-0.4, -0.2) is 60.5 Å². The molecule has 4 aromatic rings. The lowest BCUT2D eigenvalue weighted by Crippen LogP contribution is -2.62. The van der Waals surface area contributed by atoms with E-state index in [4.69, 9.17) is 28.4 Å². The molecule has 244 valence electrons. The van der Waals surface area contributed by atoms with E-state index >= 15 is 0 Å². The minimum Gasteiger partial charge on any atom is -0.497 e. The summed E-state index contributed by atoms with van der Waals surface area (Å²) in [4.78, 5) is 0. The molecule has 7 nitrogen and oxygen atoms in total. The summed E-state index contributed by atoms with van der Waals surface area (Å²) in [6.45, 7) is 3.73. The van der Waals surface area contributed by atoms with E-state index in [9.17, 15) is 5.11 Å². The molecule has 0 radical (unpaired) electrons. The highest BCUT2D eigenvalue weighted by Crippen LogP contribution is 2.35. The van der Waals surface area contributed by atoms with E-state index in [0.29, 0.717) is 19.8 Å². The van der Waals surface area contributed by atoms with Crippen LogP contribution in [0.5, 0.6) is 5.75 Å². The van der Waals surface area contributed by atoms with Gasteiger partial charge in [0.2, 0.25) is 0 Å². The number of methoxy groups -OCH3 is 1. The number of aliphatic hydroxyl groups excluding tert-OH is 1. The van der Waals surface area contributed by atoms with Crippen molar-refractivity contribution in [2.24, 2.45) is 0 Å². The topological polar surface area (TPSA) is 75.6 Å². The van der Waals surface area contributed by atoms with Crippen LogP contribution in [-0.2, 0) is 50.1 Å². The number of benzene rings is 4. The summed E-state index contributed by atoms with van der Waals surface area (Å²) < 4.78 is 38.1. The van der Waals surface area contributed by atoms with E-state index < -0.39 is 36.0 Å². The van der Waals surface area contributed by atoms with Crippen molar-refractivity contribution in [1.29, 1.82) is 0 Å². The Morgan fingerprint density at radius 2 is 1.20 bits per heavy atom. The molecule has 0 amide bonds. The van der Waals surface area contributed by atoms with E-state index in [-0.39, 0.29) is 13.2 Å². The number of rotatable bonds is 17. The van der Waals surface area contributed by atoms with E-state index in [0.717, 1.165) is 33.8 Å². The van der Waals surface area contributed by atoms with E-state index in [2.05, 4.69) is 0 Å². The van der Waals surface area contributed by atoms with Crippen molar-refractivity contribution in [3.8, 4) is 5.75 Å². The van der Waals surface area contributed by atoms with E-state index in [1.54, 1.807) is 18.9 Å². The monoisotopic (exact) mass is 644 g/mol. The van der Waals surface area contributed by atoms with Gasteiger partial charge in [-0.3, -0.25) is 0 Å². The lowest BCUT2D eigenvalue weighted by molar-refractivity contribution is -0.261. The second-order valence-corrected chi connectivity index (χ2v) is 12.5. The van der Waals surface area contributed by atoms with Gasteiger partial charge in [0.1, 0.15) is 41.7 Å². The van der Waals surface area contributed by atoms with Crippen LogP contribution in [0.2, 0.25) is 0 Å². The van der Waals surface area contributed by atoms with Gasteiger partial charge in [-0.05, 0) is 40.1 Å². The van der Waals surface area contributed by atoms with Crippen molar-refractivity contribution < 1.29 is 33.5 Å². The van der Waals surface area contributed by atoms with Crippen LogP contribution in [0.1, 0.15) is 29.2 Å². The molecule has 4 aromatic carbocycles. The summed E-state index contributed by atoms with van der Waals surface area (Å²) in [5.74, 6) is 1.53. The second-order valence-electron chi connectivity index (χ2n) is 11.1. The normalized spacial score (nSPS) is 21.9. The molecule has 1 aliphatic rings. The fourth-order valence-electron chi connectivity index (χ4n) is 5.40. The molecule has 5 rings (SSSR count). The molecule has 0 saturated carbocycles. The minimum atomic E-state index is -0.930. The van der Waals surface area contributed by atoms with Gasteiger partial charge in [0.05, 0.1) is 40.1 Å². The van der Waals surface area contributed by atoms with Crippen LogP contribution in [0.25, 0.3) is 0 Å². The number of ether oxygens (including phenoxy) is 6. The van der Waals surface area contributed by atoms with Gasteiger partial charge in [-0.15, -0.1) is 11.8 Å². The summed E-state index contributed by atoms with van der Waals surface area (Å²) in [7, 11) is 1.64. The highest BCUT2D eigenvalue weighted by atomic mass is 32.2. The molecule has 1 N–H and O–H groups in total. The molecule has 0 unspecified atom stereocenters. The van der Waals surface area contributed by atoms with Gasteiger partial charge >= 0.3 is 0 Å². The molecule has 0 aliphatic carbocycles. The largest absolute Gasteiger partial charge is 0.497 e. The average Bonchev–Trinajstić information content (AvgIpc) is 3.11. The van der Waals surface area contributed by atoms with Crippen molar-refractivity contribution in [2.45, 2.75) is 69.3 Å². The molecule has 1 saturated heterocycles. The van der Waals surface area contributed by atoms with Crippen LogP contribution >= 0.6 is 11.8 Å². The molecule has 0 bridgehead atoms. The highest BCUT2D eigenvalue weighted by molar-refractivity contribution is 7.99. The maximum absolute atomic E-state index is 11.7. The standard InChI is InChI=1S/C38H44O7S/c1-3-46-38-34(39)36(43-26-31-19-21-32(40-2)22-20-31)37(44-25-30-17-11-6-12-18-30)35(45-38)33(42-24-29-15-9-5-10-16-29)27-41-23-28-13-7-4-8-14-28/h4-22,33-39H,3,23-27H2,1-2H3/t33-,34-,35+,36+,37+,38+/m0/s1. The third kappa shape index (κ3) is 9.89. The molecule has 0 aromatic heterocycles. The summed E-state index contributed by atoms with van der Waals surface area (Å²) in [5, 5.41) is 11.7. The predicted molar refractivity (Wildman–Crippen MR) is 181 cm³/mol. The molecular weight excluding hydrogens is 600 g/mol. The van der Waals surface area contributed by atoms with Crippen LogP contribution in [0, 0.1) is 0 Å². The third-order valence-electron chi connectivity index (χ3n) is 7.84. The van der Waals surface area contributed by atoms with Gasteiger partial charge in [0.25, 0.3) is 0 Å². The molecule has 1 aliphatic heterocycles. The fraction of sp³-hybridized carbons (Fsp3) is 0.368. The lowest BCUT2D eigenvalue weighted by atomic mass is 9.95. The Morgan fingerprint density at radius 3 is 1.76 bits per heavy atom. The van der Waals surface area contributed by atoms with Crippen molar-refractivity contribution in [2.75, 3.05) is 19.5 Å². The fourth-order valence-corrected chi connectivity index (χ4v) is 6.28. The van der Waals surface area contributed by atoms with Gasteiger partial charge in [-0.25, -0.2) is 0 Å². The van der Waals surface area contributed by atoms with Crippen molar-refractivity contribution in [3.63, 3.8) is 0 Å². The number of aliphatic hydroxyl groups is 1. The second kappa shape index (κ2) is 18.2. The molecule has 0 spiro atoms. The third-order valence-corrected chi connectivity index (χ3v) is 8.89. The first-order valence-electron chi connectivity index (χ1n) is 15.8. The molecule has 6 atom stereocenters. The zero-order chi connectivity index (χ0) is 32.0. The van der Waals surface area contributed by atoms with Crippen molar-refractivity contribution in [3.05, 3.63) is 138 Å². The zero-order valence-corrected chi connectivity index (χ0v) is 27.3. The Hall–Kier alpha value is -3.21. The Kier molecular flexibility index (Phi) is 13.5. The first kappa shape index (κ1) is 34.1. The van der Waals surface area contributed by atoms with Crippen molar-refractivity contribution >= 4 is 11.8 Å². The summed E-state index contributed by atoms with van der Waals surface area (Å²) in [6.07, 6.45) is -3.37. The van der Waals surface area contributed by atoms with Crippen LogP contribution in [0.4, 0.5) is 0 Å². The summed E-state index contributed by atoms with van der Waals surface area (Å²) >= 11 is 1.54. The number of thioether (sulfide) groups is 1. The molecular formula is C38H44O7S. The van der Waals surface area contributed by atoms with E-state index in [1.807, 2.05) is 122 Å². The Morgan fingerprint density at radius 1 is 0.674 bits per heavy atom. The Bertz CT molecular complexity index is 1390. The molecule has 1 fully saturated rings. The molecule has 1 heterocycles. The van der Waals surface area contributed by atoms with E-state index in [1.165, 1.54) is 0 Å². The minimum absolute atomic E-state index is 0.266. The highest BCUT2D eigenvalue weighted by Gasteiger charge is 2.50. The predicted octanol–water partition coefficient (Wildman–Crippen LogP) is 6.81.